The summed E-state index contributed by atoms with van der Waals surface area (Å²) in [7, 11) is 0. The molecule has 0 spiro atoms. The number of carbonyl (C=O) groups excluding carboxylic acids is 1. The molecule has 6 nitrogen and oxygen atoms in total. The Hall–Kier alpha value is -1.43. The van der Waals surface area contributed by atoms with Crippen LogP contribution in [0.5, 0.6) is 0 Å². The molecule has 1 aromatic heterocycles. The summed E-state index contributed by atoms with van der Waals surface area (Å²) in [6.45, 7) is 6.97. The van der Waals surface area contributed by atoms with Gasteiger partial charge in [0.05, 0.1) is 5.69 Å². The van der Waals surface area contributed by atoms with Crippen molar-refractivity contribution in [1.82, 2.24) is 19.9 Å². The van der Waals surface area contributed by atoms with Crippen LogP contribution < -0.4 is 5.73 Å². The molecule has 0 saturated carbocycles. The lowest BCUT2D eigenvalue weighted by Gasteiger charge is -2.18. The molecule has 1 amide bonds. The van der Waals surface area contributed by atoms with Crippen molar-refractivity contribution >= 4 is 5.91 Å². The van der Waals surface area contributed by atoms with E-state index in [2.05, 4.69) is 10.3 Å². The standard InChI is InChI=1S/C13H25N5O/c1-3-17(4-2)13(19)8-6-10-18-11-12(15-16-18)7-5-9-14/h11H,3-10,14H2,1-2H3. The quantitative estimate of drug-likeness (QED) is 0.718. The molecule has 0 radical (unpaired) electrons. The first-order chi connectivity index (χ1) is 9.21. The number of amides is 1. The van der Waals surface area contributed by atoms with Gasteiger partial charge in [0.15, 0.2) is 0 Å². The molecule has 108 valence electrons. The zero-order valence-corrected chi connectivity index (χ0v) is 12.0. The van der Waals surface area contributed by atoms with Crippen molar-refractivity contribution in [2.75, 3.05) is 19.6 Å². The van der Waals surface area contributed by atoms with Crippen molar-refractivity contribution in [1.29, 1.82) is 0 Å². The molecule has 0 saturated heterocycles. The molecule has 1 heterocycles. The average molecular weight is 267 g/mol. The number of hydrogen-bond acceptors (Lipinski definition) is 4. The van der Waals surface area contributed by atoms with Gasteiger partial charge in [-0.05, 0) is 39.7 Å². The van der Waals surface area contributed by atoms with Gasteiger partial charge in [0.2, 0.25) is 5.91 Å². The second-order valence-corrected chi connectivity index (χ2v) is 4.53. The van der Waals surface area contributed by atoms with Gasteiger partial charge < -0.3 is 10.6 Å². The van der Waals surface area contributed by atoms with Crippen molar-refractivity contribution in [3.05, 3.63) is 11.9 Å². The summed E-state index contributed by atoms with van der Waals surface area (Å²) in [6.07, 6.45) is 5.11. The van der Waals surface area contributed by atoms with Gasteiger partial charge in [-0.25, -0.2) is 0 Å². The highest BCUT2D eigenvalue weighted by Gasteiger charge is 2.09. The normalized spacial score (nSPS) is 10.7. The highest BCUT2D eigenvalue weighted by atomic mass is 16.2. The van der Waals surface area contributed by atoms with Gasteiger partial charge in [0, 0.05) is 32.3 Å². The molecule has 0 aliphatic carbocycles. The summed E-state index contributed by atoms with van der Waals surface area (Å²) in [5, 5.41) is 8.13. The number of carbonyl (C=O) groups is 1. The van der Waals surface area contributed by atoms with E-state index in [1.807, 2.05) is 24.9 Å². The van der Waals surface area contributed by atoms with Crippen LogP contribution in [0.2, 0.25) is 0 Å². The van der Waals surface area contributed by atoms with Crippen LogP contribution in [0.3, 0.4) is 0 Å². The Morgan fingerprint density at radius 2 is 2.11 bits per heavy atom. The molecule has 0 bridgehead atoms. The maximum atomic E-state index is 11.8. The van der Waals surface area contributed by atoms with Crippen molar-refractivity contribution in [3.63, 3.8) is 0 Å². The van der Waals surface area contributed by atoms with E-state index in [0.717, 1.165) is 44.6 Å². The number of hydrogen-bond donors (Lipinski definition) is 1. The molecule has 1 rings (SSSR count). The van der Waals surface area contributed by atoms with Crippen LogP contribution >= 0.6 is 0 Å². The van der Waals surface area contributed by atoms with E-state index in [0.29, 0.717) is 13.0 Å². The largest absolute Gasteiger partial charge is 0.343 e. The van der Waals surface area contributed by atoms with Crippen LogP contribution in [0.1, 0.15) is 38.8 Å². The van der Waals surface area contributed by atoms with E-state index in [9.17, 15) is 4.79 Å². The van der Waals surface area contributed by atoms with Gasteiger partial charge in [-0.1, -0.05) is 5.21 Å². The minimum atomic E-state index is 0.216. The van der Waals surface area contributed by atoms with E-state index in [1.165, 1.54) is 0 Å². The SMILES string of the molecule is CCN(CC)C(=O)CCCn1cc(CCCN)nn1. The highest BCUT2D eigenvalue weighted by Crippen LogP contribution is 2.02. The van der Waals surface area contributed by atoms with Gasteiger partial charge in [-0.3, -0.25) is 9.48 Å². The number of rotatable bonds is 9. The zero-order valence-electron chi connectivity index (χ0n) is 12.0. The predicted octanol–water partition coefficient (Wildman–Crippen LogP) is 0.818. The Kier molecular flexibility index (Phi) is 7.10. The van der Waals surface area contributed by atoms with Crippen molar-refractivity contribution in [2.24, 2.45) is 5.73 Å². The van der Waals surface area contributed by atoms with Gasteiger partial charge in [0.1, 0.15) is 0 Å². The smallest absolute Gasteiger partial charge is 0.222 e. The summed E-state index contributed by atoms with van der Waals surface area (Å²) >= 11 is 0. The summed E-state index contributed by atoms with van der Waals surface area (Å²) in [4.78, 5) is 13.7. The minimum absolute atomic E-state index is 0.216. The molecule has 0 unspecified atom stereocenters. The van der Waals surface area contributed by atoms with Crippen molar-refractivity contribution < 1.29 is 4.79 Å². The summed E-state index contributed by atoms with van der Waals surface area (Å²) in [5.41, 5.74) is 6.43. The third-order valence-electron chi connectivity index (χ3n) is 3.12. The van der Waals surface area contributed by atoms with E-state index in [4.69, 9.17) is 5.73 Å². The van der Waals surface area contributed by atoms with Crippen molar-refractivity contribution in [2.45, 2.75) is 46.1 Å². The van der Waals surface area contributed by atoms with E-state index in [-0.39, 0.29) is 5.91 Å². The fourth-order valence-corrected chi connectivity index (χ4v) is 1.97. The van der Waals surface area contributed by atoms with Crippen LogP contribution in [0.15, 0.2) is 6.20 Å². The highest BCUT2D eigenvalue weighted by molar-refractivity contribution is 5.75. The van der Waals surface area contributed by atoms with Crippen LogP contribution in [0.25, 0.3) is 0 Å². The number of nitrogens with two attached hydrogens (primary N) is 1. The molecule has 6 heteroatoms. The molecule has 0 atom stereocenters. The Morgan fingerprint density at radius 3 is 2.74 bits per heavy atom. The molecular weight excluding hydrogens is 242 g/mol. The molecule has 0 aliphatic heterocycles. The molecule has 19 heavy (non-hydrogen) atoms. The fourth-order valence-electron chi connectivity index (χ4n) is 1.97. The molecule has 0 fully saturated rings. The lowest BCUT2D eigenvalue weighted by atomic mass is 10.2. The number of aryl methyl sites for hydroxylation is 2. The van der Waals surface area contributed by atoms with Crippen LogP contribution in [0.4, 0.5) is 0 Å². The van der Waals surface area contributed by atoms with E-state index < -0.39 is 0 Å². The van der Waals surface area contributed by atoms with Crippen molar-refractivity contribution in [3.8, 4) is 0 Å². The lowest BCUT2D eigenvalue weighted by molar-refractivity contribution is -0.130. The Balaban J connectivity index is 2.29. The number of aromatic nitrogens is 3. The van der Waals surface area contributed by atoms with Crippen LogP contribution in [-0.2, 0) is 17.8 Å². The van der Waals surface area contributed by atoms with Gasteiger partial charge in [0.25, 0.3) is 0 Å². The van der Waals surface area contributed by atoms with Crippen LogP contribution in [-0.4, -0.2) is 45.4 Å². The summed E-state index contributed by atoms with van der Waals surface area (Å²) < 4.78 is 1.81. The summed E-state index contributed by atoms with van der Waals surface area (Å²) in [5.74, 6) is 0.216. The molecule has 2 N–H and O–H groups in total. The third kappa shape index (κ3) is 5.38. The van der Waals surface area contributed by atoms with Crippen LogP contribution in [0, 0.1) is 0 Å². The van der Waals surface area contributed by atoms with Gasteiger partial charge >= 0.3 is 0 Å². The van der Waals surface area contributed by atoms with E-state index >= 15 is 0 Å². The Bertz CT molecular complexity index is 373. The monoisotopic (exact) mass is 267 g/mol. The summed E-state index contributed by atoms with van der Waals surface area (Å²) in [6, 6.07) is 0. The first kappa shape index (κ1) is 15.6. The third-order valence-corrected chi connectivity index (χ3v) is 3.12. The Labute approximate surface area is 115 Å². The topological polar surface area (TPSA) is 77.0 Å². The maximum absolute atomic E-state index is 11.8. The predicted molar refractivity (Wildman–Crippen MR) is 74.6 cm³/mol. The second-order valence-electron chi connectivity index (χ2n) is 4.53. The zero-order chi connectivity index (χ0) is 14.1. The lowest BCUT2D eigenvalue weighted by Crippen LogP contribution is -2.30. The average Bonchev–Trinajstić information content (AvgIpc) is 2.85. The first-order valence-electron chi connectivity index (χ1n) is 7.08. The molecule has 1 aromatic rings. The molecular formula is C13H25N5O. The molecule has 0 aliphatic rings. The second kappa shape index (κ2) is 8.63. The maximum Gasteiger partial charge on any atom is 0.222 e. The van der Waals surface area contributed by atoms with Gasteiger partial charge in [-0.15, -0.1) is 5.10 Å². The first-order valence-corrected chi connectivity index (χ1v) is 7.08. The van der Waals surface area contributed by atoms with E-state index in [1.54, 1.807) is 4.68 Å². The Morgan fingerprint density at radius 1 is 1.37 bits per heavy atom. The molecule has 0 aromatic carbocycles. The minimum Gasteiger partial charge on any atom is -0.343 e. The fraction of sp³-hybridized carbons (Fsp3) is 0.769. The number of nitrogens with zero attached hydrogens (tertiary/aromatic N) is 4. The van der Waals surface area contributed by atoms with Gasteiger partial charge in [-0.2, -0.15) is 0 Å².